The number of benzene rings is 2. The first-order valence-corrected chi connectivity index (χ1v) is 11.1. The number of hydrogen-bond donors (Lipinski definition) is 3. The highest BCUT2D eigenvalue weighted by atomic mass is 16.5. The topological polar surface area (TPSA) is 131 Å². The number of carbonyl (C=O) groups excluding carboxylic acids is 3. The van der Waals surface area contributed by atoms with Crippen molar-refractivity contribution in [3.8, 4) is 11.1 Å². The predicted octanol–water partition coefficient (Wildman–Crippen LogP) is 2.58. The van der Waals surface area contributed by atoms with Gasteiger partial charge >= 0.3 is 18.0 Å². The third-order valence-electron chi connectivity index (χ3n) is 6.34. The SMILES string of the molecule is COC(=O)CCC(NC(=O)C1(NC(=O)OCC2c3ccccc3-c3ccccc32)CC1)C(=O)O. The largest absolute Gasteiger partial charge is 0.480 e. The molecule has 0 bridgehead atoms. The Kier molecular flexibility index (Phi) is 6.54. The summed E-state index contributed by atoms with van der Waals surface area (Å²) in [6.07, 6.45) is -0.274. The zero-order valence-corrected chi connectivity index (χ0v) is 18.7. The highest BCUT2D eigenvalue weighted by Crippen LogP contribution is 2.44. The van der Waals surface area contributed by atoms with Gasteiger partial charge in [0.15, 0.2) is 0 Å². The van der Waals surface area contributed by atoms with Crippen molar-refractivity contribution in [2.24, 2.45) is 0 Å². The van der Waals surface area contributed by atoms with Crippen LogP contribution in [-0.2, 0) is 23.9 Å². The molecule has 0 spiro atoms. The highest BCUT2D eigenvalue weighted by Gasteiger charge is 2.52. The Morgan fingerprint density at radius 2 is 1.62 bits per heavy atom. The van der Waals surface area contributed by atoms with Crippen LogP contribution in [0.2, 0.25) is 0 Å². The molecule has 1 fully saturated rings. The van der Waals surface area contributed by atoms with Gasteiger partial charge in [-0.25, -0.2) is 9.59 Å². The maximum atomic E-state index is 12.7. The number of fused-ring (bicyclic) bond motifs is 3. The van der Waals surface area contributed by atoms with Crippen molar-refractivity contribution >= 4 is 23.9 Å². The molecule has 0 aliphatic heterocycles. The second-order valence-electron chi connectivity index (χ2n) is 8.51. The first-order valence-electron chi connectivity index (χ1n) is 11.1. The fourth-order valence-electron chi connectivity index (χ4n) is 4.28. The zero-order valence-electron chi connectivity index (χ0n) is 18.7. The van der Waals surface area contributed by atoms with Crippen LogP contribution in [0.25, 0.3) is 11.1 Å². The average Bonchev–Trinajstić information content (AvgIpc) is 3.55. The number of esters is 1. The first-order chi connectivity index (χ1) is 16.3. The van der Waals surface area contributed by atoms with Crippen LogP contribution in [0.3, 0.4) is 0 Å². The van der Waals surface area contributed by atoms with Crippen LogP contribution in [0.4, 0.5) is 4.79 Å². The molecule has 9 heteroatoms. The van der Waals surface area contributed by atoms with E-state index < -0.39 is 35.5 Å². The van der Waals surface area contributed by atoms with E-state index >= 15 is 0 Å². The molecule has 1 atom stereocenters. The van der Waals surface area contributed by atoms with E-state index in [4.69, 9.17) is 4.74 Å². The van der Waals surface area contributed by atoms with Crippen molar-refractivity contribution in [2.45, 2.75) is 43.2 Å². The Morgan fingerprint density at radius 3 is 2.15 bits per heavy atom. The summed E-state index contributed by atoms with van der Waals surface area (Å²) in [6.45, 7) is 0.106. The second-order valence-corrected chi connectivity index (χ2v) is 8.51. The molecule has 2 aliphatic carbocycles. The number of hydrogen-bond acceptors (Lipinski definition) is 6. The number of methoxy groups -OCH3 is 1. The smallest absolute Gasteiger partial charge is 0.408 e. The Hall–Kier alpha value is -3.88. The number of amides is 2. The van der Waals surface area contributed by atoms with Crippen molar-refractivity contribution in [3.63, 3.8) is 0 Å². The summed E-state index contributed by atoms with van der Waals surface area (Å²) in [5.41, 5.74) is 3.16. The third kappa shape index (κ3) is 4.73. The number of carboxylic acid groups (broad SMARTS) is 1. The Morgan fingerprint density at radius 1 is 1.03 bits per heavy atom. The molecule has 1 saturated carbocycles. The van der Waals surface area contributed by atoms with Crippen LogP contribution >= 0.6 is 0 Å². The van der Waals surface area contributed by atoms with E-state index in [1.807, 2.05) is 48.5 Å². The molecular weight excluding hydrogens is 440 g/mol. The number of rotatable bonds is 9. The normalized spacial score (nSPS) is 15.9. The van der Waals surface area contributed by atoms with Crippen LogP contribution in [0.15, 0.2) is 48.5 Å². The predicted molar refractivity (Wildman–Crippen MR) is 121 cm³/mol. The minimum Gasteiger partial charge on any atom is -0.480 e. The summed E-state index contributed by atoms with van der Waals surface area (Å²) in [5.74, 6) is -2.57. The fraction of sp³-hybridized carbons (Fsp3) is 0.360. The number of nitrogens with one attached hydrogen (secondary N) is 2. The molecule has 1 unspecified atom stereocenters. The average molecular weight is 466 g/mol. The standard InChI is InChI=1S/C25H26N2O7/c1-33-21(28)11-10-20(22(29)30)26-23(31)25(12-13-25)27-24(32)34-14-19-17-8-4-2-6-15(17)16-7-3-5-9-18(16)19/h2-9,19-20H,10-14H2,1H3,(H,26,31)(H,27,32)(H,29,30). The van der Waals surface area contributed by atoms with Gasteiger partial charge in [0.05, 0.1) is 7.11 Å². The molecule has 2 aromatic carbocycles. The van der Waals surface area contributed by atoms with Gasteiger partial charge in [-0.1, -0.05) is 48.5 Å². The van der Waals surface area contributed by atoms with Gasteiger partial charge in [-0.05, 0) is 41.5 Å². The Bertz CT molecular complexity index is 1080. The van der Waals surface area contributed by atoms with Gasteiger partial charge in [-0.2, -0.15) is 0 Å². The van der Waals surface area contributed by atoms with Gasteiger partial charge in [-0.3, -0.25) is 9.59 Å². The first kappa shape index (κ1) is 23.3. The lowest BCUT2D eigenvalue weighted by Crippen LogP contribution is -2.53. The number of aliphatic carboxylic acids is 1. The maximum Gasteiger partial charge on any atom is 0.408 e. The number of alkyl carbamates (subject to hydrolysis) is 1. The van der Waals surface area contributed by atoms with Gasteiger partial charge in [0, 0.05) is 12.3 Å². The minimum absolute atomic E-state index is 0.106. The molecule has 0 aromatic heterocycles. The summed E-state index contributed by atoms with van der Waals surface area (Å²) in [6, 6.07) is 14.7. The number of ether oxygens (including phenoxy) is 2. The molecule has 0 saturated heterocycles. The van der Waals surface area contributed by atoms with E-state index in [9.17, 15) is 24.3 Å². The Balaban J connectivity index is 1.35. The van der Waals surface area contributed by atoms with Crippen LogP contribution in [0, 0.1) is 0 Å². The van der Waals surface area contributed by atoms with Crippen LogP contribution in [0.5, 0.6) is 0 Å². The monoisotopic (exact) mass is 466 g/mol. The molecule has 3 N–H and O–H groups in total. The highest BCUT2D eigenvalue weighted by molar-refractivity contribution is 5.95. The lowest BCUT2D eigenvalue weighted by molar-refractivity contribution is -0.144. The quantitative estimate of drug-likeness (QED) is 0.484. The van der Waals surface area contributed by atoms with Crippen molar-refractivity contribution < 1.29 is 33.8 Å². The van der Waals surface area contributed by atoms with Crippen molar-refractivity contribution in [2.75, 3.05) is 13.7 Å². The van der Waals surface area contributed by atoms with Crippen molar-refractivity contribution in [3.05, 3.63) is 59.7 Å². The summed E-state index contributed by atoms with van der Waals surface area (Å²) < 4.78 is 10.0. The lowest BCUT2D eigenvalue weighted by Gasteiger charge is -2.21. The van der Waals surface area contributed by atoms with E-state index in [0.29, 0.717) is 12.8 Å². The molecule has 178 valence electrons. The Labute approximate surface area is 196 Å². The van der Waals surface area contributed by atoms with Gasteiger partial charge in [0.2, 0.25) is 5.91 Å². The van der Waals surface area contributed by atoms with Gasteiger partial charge in [0.1, 0.15) is 18.2 Å². The molecular formula is C25H26N2O7. The fourth-order valence-corrected chi connectivity index (χ4v) is 4.28. The van der Waals surface area contributed by atoms with Gasteiger partial charge in [0.25, 0.3) is 0 Å². The summed E-state index contributed by atoms with van der Waals surface area (Å²) in [7, 11) is 1.20. The van der Waals surface area contributed by atoms with E-state index in [1.54, 1.807) is 0 Å². The molecule has 0 radical (unpaired) electrons. The van der Waals surface area contributed by atoms with E-state index in [1.165, 1.54) is 7.11 Å². The molecule has 9 nitrogen and oxygen atoms in total. The third-order valence-corrected chi connectivity index (χ3v) is 6.34. The summed E-state index contributed by atoms with van der Waals surface area (Å²) in [5, 5.41) is 14.4. The molecule has 2 aromatic rings. The zero-order chi connectivity index (χ0) is 24.3. The lowest BCUT2D eigenvalue weighted by atomic mass is 9.98. The number of carboxylic acids is 1. The van der Waals surface area contributed by atoms with E-state index in [0.717, 1.165) is 22.3 Å². The molecule has 2 amide bonds. The van der Waals surface area contributed by atoms with Gasteiger partial charge in [-0.15, -0.1) is 0 Å². The maximum absolute atomic E-state index is 12.7. The summed E-state index contributed by atoms with van der Waals surface area (Å²) >= 11 is 0. The molecule has 4 rings (SSSR count). The van der Waals surface area contributed by atoms with Crippen LogP contribution in [0.1, 0.15) is 42.7 Å². The molecule has 0 heterocycles. The molecule has 34 heavy (non-hydrogen) atoms. The van der Waals surface area contributed by atoms with Crippen LogP contribution < -0.4 is 10.6 Å². The second kappa shape index (κ2) is 9.54. The van der Waals surface area contributed by atoms with Crippen molar-refractivity contribution in [1.82, 2.24) is 10.6 Å². The van der Waals surface area contributed by atoms with E-state index in [2.05, 4.69) is 15.4 Å². The number of carbonyl (C=O) groups is 4. The molecule has 2 aliphatic rings. The van der Waals surface area contributed by atoms with Crippen molar-refractivity contribution in [1.29, 1.82) is 0 Å². The minimum atomic E-state index is -1.27. The van der Waals surface area contributed by atoms with Crippen LogP contribution in [-0.4, -0.2) is 54.3 Å². The van der Waals surface area contributed by atoms with Gasteiger partial charge < -0.3 is 25.2 Å². The summed E-state index contributed by atoms with van der Waals surface area (Å²) in [4.78, 5) is 48.1. The van der Waals surface area contributed by atoms with E-state index in [-0.39, 0.29) is 25.4 Å².